The van der Waals surface area contributed by atoms with Crippen molar-refractivity contribution in [2.24, 2.45) is 5.84 Å². The van der Waals surface area contributed by atoms with Gasteiger partial charge in [-0.05, 0) is 38.9 Å². The number of nitrogens with two attached hydrogens (primary N) is 1. The molecule has 0 aliphatic carbocycles. The van der Waals surface area contributed by atoms with Crippen molar-refractivity contribution < 1.29 is 0 Å². The molecule has 0 saturated carbocycles. The van der Waals surface area contributed by atoms with Crippen LogP contribution in [0.25, 0.3) is 0 Å². The lowest BCUT2D eigenvalue weighted by Gasteiger charge is -2.24. The highest BCUT2D eigenvalue weighted by atomic mass is 35.5. The highest BCUT2D eigenvalue weighted by Crippen LogP contribution is 2.28. The maximum absolute atomic E-state index is 6.11. The number of likely N-dealkylation sites (tertiary alicyclic amines) is 1. The first-order chi connectivity index (χ1) is 9.11. The number of rotatable bonds is 5. The third-order valence-corrected chi connectivity index (χ3v) is 3.97. The summed E-state index contributed by atoms with van der Waals surface area (Å²) in [4.78, 5) is 6.72. The first-order valence-electron chi connectivity index (χ1n) is 6.42. The summed E-state index contributed by atoms with van der Waals surface area (Å²) in [6, 6.07) is 2.08. The van der Waals surface area contributed by atoms with E-state index in [-0.39, 0.29) is 0 Å². The van der Waals surface area contributed by atoms with Gasteiger partial charge in [-0.1, -0.05) is 23.2 Å². The van der Waals surface area contributed by atoms with Crippen molar-refractivity contribution in [1.82, 2.24) is 9.88 Å². The summed E-state index contributed by atoms with van der Waals surface area (Å²) in [5, 5.41) is 4.16. The van der Waals surface area contributed by atoms with E-state index in [1.54, 1.807) is 6.07 Å². The van der Waals surface area contributed by atoms with Gasteiger partial charge in [-0.25, -0.2) is 10.8 Å². The van der Waals surface area contributed by atoms with Gasteiger partial charge in [0.1, 0.15) is 5.82 Å². The van der Waals surface area contributed by atoms with E-state index in [1.165, 1.54) is 25.9 Å². The highest BCUT2D eigenvalue weighted by Gasteiger charge is 2.18. The van der Waals surface area contributed by atoms with Crippen LogP contribution in [0.5, 0.6) is 0 Å². The Balaban J connectivity index is 1.98. The number of hydrazine groups is 1. The van der Waals surface area contributed by atoms with Crippen LogP contribution in [-0.2, 0) is 0 Å². The Hall–Kier alpha value is -0.750. The Morgan fingerprint density at radius 3 is 2.58 bits per heavy atom. The molecule has 1 fully saturated rings. The van der Waals surface area contributed by atoms with E-state index >= 15 is 0 Å². The molecule has 7 heteroatoms. The Labute approximate surface area is 123 Å². The molecule has 1 aromatic heterocycles. The fourth-order valence-corrected chi connectivity index (χ4v) is 2.73. The Kier molecular flexibility index (Phi) is 5.10. The second kappa shape index (κ2) is 6.61. The second-order valence-electron chi connectivity index (χ2n) is 4.77. The predicted molar refractivity (Wildman–Crippen MR) is 80.8 cm³/mol. The number of pyridine rings is 1. The molecule has 106 valence electrons. The van der Waals surface area contributed by atoms with Crippen LogP contribution in [0.4, 0.5) is 11.6 Å². The van der Waals surface area contributed by atoms with E-state index in [0.717, 1.165) is 6.54 Å². The van der Waals surface area contributed by atoms with Gasteiger partial charge < -0.3 is 10.7 Å². The molecule has 0 aromatic carbocycles. The lowest BCUT2D eigenvalue weighted by molar-refractivity contribution is 0.269. The lowest BCUT2D eigenvalue weighted by Crippen LogP contribution is -2.35. The molecule has 19 heavy (non-hydrogen) atoms. The number of anilines is 2. The van der Waals surface area contributed by atoms with Crippen LogP contribution in [0.15, 0.2) is 6.07 Å². The van der Waals surface area contributed by atoms with Crippen LogP contribution in [0, 0.1) is 0 Å². The van der Waals surface area contributed by atoms with Gasteiger partial charge >= 0.3 is 0 Å². The first-order valence-corrected chi connectivity index (χ1v) is 7.18. The molecule has 1 unspecified atom stereocenters. The van der Waals surface area contributed by atoms with Crippen LogP contribution in [-0.4, -0.2) is 35.6 Å². The minimum atomic E-state index is 0.408. The molecule has 1 aromatic rings. The maximum Gasteiger partial charge on any atom is 0.161 e. The van der Waals surface area contributed by atoms with E-state index in [2.05, 4.69) is 27.6 Å². The summed E-state index contributed by atoms with van der Waals surface area (Å²) in [7, 11) is 0. The number of halogens is 2. The zero-order chi connectivity index (χ0) is 13.8. The molecule has 0 amide bonds. The van der Waals surface area contributed by atoms with Gasteiger partial charge in [0.05, 0.1) is 10.0 Å². The van der Waals surface area contributed by atoms with E-state index in [0.29, 0.717) is 27.7 Å². The topological polar surface area (TPSA) is 66.2 Å². The number of nitrogens with zero attached hydrogens (tertiary/aromatic N) is 2. The average Bonchev–Trinajstić information content (AvgIpc) is 2.91. The van der Waals surface area contributed by atoms with Gasteiger partial charge in [-0.15, -0.1) is 0 Å². The molecule has 1 aliphatic heterocycles. The second-order valence-corrected chi connectivity index (χ2v) is 5.58. The van der Waals surface area contributed by atoms with Crippen molar-refractivity contribution in [3.05, 3.63) is 16.1 Å². The molecular weight excluding hydrogens is 285 g/mol. The fourth-order valence-electron chi connectivity index (χ4n) is 2.25. The van der Waals surface area contributed by atoms with Gasteiger partial charge in [-0.2, -0.15) is 0 Å². The Morgan fingerprint density at radius 1 is 1.32 bits per heavy atom. The van der Waals surface area contributed by atoms with Crippen molar-refractivity contribution in [3.63, 3.8) is 0 Å². The quantitative estimate of drug-likeness (QED) is 0.576. The van der Waals surface area contributed by atoms with Crippen LogP contribution in [0.3, 0.4) is 0 Å². The highest BCUT2D eigenvalue weighted by molar-refractivity contribution is 6.37. The molecule has 2 heterocycles. The third kappa shape index (κ3) is 3.63. The minimum Gasteiger partial charge on any atom is -0.367 e. The summed E-state index contributed by atoms with van der Waals surface area (Å²) in [6.07, 6.45) is 2.57. The average molecular weight is 304 g/mol. The predicted octanol–water partition coefficient (Wildman–Crippen LogP) is 2.57. The van der Waals surface area contributed by atoms with E-state index in [1.807, 2.05) is 0 Å². The zero-order valence-electron chi connectivity index (χ0n) is 10.9. The SMILES string of the molecule is CC(CNc1nc(NN)c(Cl)cc1Cl)N1CCCC1. The number of nitrogen functional groups attached to an aromatic ring is 1. The normalized spacial score (nSPS) is 17.5. The molecular formula is C12H19Cl2N5. The zero-order valence-corrected chi connectivity index (χ0v) is 12.4. The summed E-state index contributed by atoms with van der Waals surface area (Å²) in [5.41, 5.74) is 2.45. The number of nitrogens with one attached hydrogen (secondary N) is 2. The molecule has 0 spiro atoms. The van der Waals surface area contributed by atoms with Gasteiger partial charge in [0.25, 0.3) is 0 Å². The fraction of sp³-hybridized carbons (Fsp3) is 0.583. The van der Waals surface area contributed by atoms with Gasteiger partial charge in [-0.3, -0.25) is 4.90 Å². The summed E-state index contributed by atoms with van der Waals surface area (Å²) in [6.45, 7) is 5.32. The van der Waals surface area contributed by atoms with Gasteiger partial charge in [0.15, 0.2) is 5.82 Å². The standard InChI is InChI=1S/C12H19Cl2N5/c1-8(19-4-2-3-5-19)7-16-11-9(13)6-10(14)12(17-11)18-15/h6,8H,2-5,7,15H2,1H3,(H2,16,17,18). The third-order valence-electron chi connectivity index (χ3n) is 3.40. The van der Waals surface area contributed by atoms with Crippen LogP contribution in [0.1, 0.15) is 19.8 Å². The molecule has 4 N–H and O–H groups in total. The lowest BCUT2D eigenvalue weighted by atomic mass is 10.3. The van der Waals surface area contributed by atoms with Crippen molar-refractivity contribution >= 4 is 34.8 Å². The van der Waals surface area contributed by atoms with Gasteiger partial charge in [0, 0.05) is 12.6 Å². The molecule has 1 saturated heterocycles. The molecule has 5 nitrogen and oxygen atoms in total. The molecule has 2 rings (SSSR count). The summed E-state index contributed by atoms with van der Waals surface area (Å²) >= 11 is 12.1. The van der Waals surface area contributed by atoms with Crippen molar-refractivity contribution in [2.45, 2.75) is 25.8 Å². The van der Waals surface area contributed by atoms with Crippen molar-refractivity contribution in [2.75, 3.05) is 30.4 Å². The smallest absolute Gasteiger partial charge is 0.161 e. The van der Waals surface area contributed by atoms with E-state index in [9.17, 15) is 0 Å². The number of aromatic nitrogens is 1. The van der Waals surface area contributed by atoms with Crippen molar-refractivity contribution in [1.29, 1.82) is 0 Å². The molecule has 0 radical (unpaired) electrons. The van der Waals surface area contributed by atoms with E-state index < -0.39 is 0 Å². The largest absolute Gasteiger partial charge is 0.367 e. The van der Waals surface area contributed by atoms with Crippen LogP contribution < -0.4 is 16.6 Å². The number of hydrogen-bond donors (Lipinski definition) is 3. The van der Waals surface area contributed by atoms with E-state index in [4.69, 9.17) is 29.0 Å². The summed E-state index contributed by atoms with van der Waals surface area (Å²) in [5.74, 6) is 6.37. The van der Waals surface area contributed by atoms with Crippen molar-refractivity contribution in [3.8, 4) is 0 Å². The molecule has 0 bridgehead atoms. The van der Waals surface area contributed by atoms with Crippen LogP contribution in [0.2, 0.25) is 10.0 Å². The first kappa shape index (κ1) is 14.7. The van der Waals surface area contributed by atoms with Crippen LogP contribution >= 0.6 is 23.2 Å². The summed E-state index contributed by atoms with van der Waals surface area (Å²) < 4.78 is 0. The maximum atomic E-state index is 6.11. The molecule has 1 aliphatic rings. The van der Waals surface area contributed by atoms with Gasteiger partial charge in [0.2, 0.25) is 0 Å². The minimum absolute atomic E-state index is 0.408. The Morgan fingerprint density at radius 2 is 1.95 bits per heavy atom. The Bertz CT molecular complexity index is 434. The monoisotopic (exact) mass is 303 g/mol. The molecule has 1 atom stereocenters. The number of hydrogen-bond acceptors (Lipinski definition) is 5.